The Kier molecular flexibility index (Phi) is 2.98. The molecule has 0 bridgehead atoms. The molecule has 2 heteroatoms. The van der Waals surface area contributed by atoms with Gasteiger partial charge in [0.15, 0.2) is 0 Å². The van der Waals surface area contributed by atoms with E-state index in [-0.39, 0.29) is 0 Å². The fourth-order valence-electron chi connectivity index (χ4n) is 1.46. The summed E-state index contributed by atoms with van der Waals surface area (Å²) in [6.07, 6.45) is 6.86. The largest absolute Gasteiger partial charge is 0.348 e. The molecule has 0 atom stereocenters. The molecule has 0 fully saturated rings. The summed E-state index contributed by atoms with van der Waals surface area (Å²) in [4.78, 5) is 7.26. The van der Waals surface area contributed by atoms with E-state index in [1.54, 1.807) is 6.33 Å². The van der Waals surface area contributed by atoms with Gasteiger partial charge in [0.2, 0.25) is 0 Å². The molecule has 0 aliphatic carbocycles. The highest BCUT2D eigenvalue weighted by Gasteiger charge is 1.94. The maximum absolute atomic E-state index is 4.20. The highest BCUT2D eigenvalue weighted by atomic mass is 14.9. The third-order valence-corrected chi connectivity index (χ3v) is 2.34. The molecule has 2 nitrogen and oxygen atoms in total. The van der Waals surface area contributed by atoms with Gasteiger partial charge in [-0.3, -0.25) is 0 Å². The SMILES string of the molecule is Cc1[nH]cnc1/C=C/Cc1ccccc1. The van der Waals surface area contributed by atoms with Gasteiger partial charge < -0.3 is 4.98 Å². The molecule has 0 aliphatic heterocycles. The van der Waals surface area contributed by atoms with Crippen molar-refractivity contribution < 1.29 is 0 Å². The first-order valence-electron chi connectivity index (χ1n) is 5.06. The van der Waals surface area contributed by atoms with Gasteiger partial charge in [0.25, 0.3) is 0 Å². The van der Waals surface area contributed by atoms with Gasteiger partial charge in [0.05, 0.1) is 12.0 Å². The van der Waals surface area contributed by atoms with Gasteiger partial charge in [-0.1, -0.05) is 36.4 Å². The third kappa shape index (κ3) is 2.56. The fraction of sp³-hybridized carbons (Fsp3) is 0.154. The Bertz CT molecular complexity index is 441. The average Bonchev–Trinajstić information content (AvgIpc) is 2.66. The van der Waals surface area contributed by atoms with Crippen molar-refractivity contribution in [2.45, 2.75) is 13.3 Å². The zero-order valence-electron chi connectivity index (χ0n) is 8.77. The van der Waals surface area contributed by atoms with E-state index in [0.29, 0.717) is 0 Å². The minimum Gasteiger partial charge on any atom is -0.348 e. The number of rotatable bonds is 3. The molecule has 76 valence electrons. The number of H-pyrrole nitrogens is 1. The molecule has 2 rings (SSSR count). The smallest absolute Gasteiger partial charge is 0.0929 e. The molecular formula is C13H14N2. The lowest BCUT2D eigenvalue weighted by Gasteiger charge is -1.94. The van der Waals surface area contributed by atoms with E-state index in [4.69, 9.17) is 0 Å². The van der Waals surface area contributed by atoms with E-state index in [1.165, 1.54) is 5.56 Å². The number of benzene rings is 1. The Hall–Kier alpha value is -1.83. The summed E-state index contributed by atoms with van der Waals surface area (Å²) in [6, 6.07) is 10.4. The van der Waals surface area contributed by atoms with Crippen LogP contribution in [0.1, 0.15) is 17.0 Å². The van der Waals surface area contributed by atoms with Crippen molar-refractivity contribution in [3.8, 4) is 0 Å². The highest BCUT2D eigenvalue weighted by molar-refractivity contribution is 5.47. The van der Waals surface area contributed by atoms with Crippen LogP contribution in [0.5, 0.6) is 0 Å². The number of aryl methyl sites for hydroxylation is 1. The summed E-state index contributed by atoms with van der Waals surface area (Å²) >= 11 is 0. The van der Waals surface area contributed by atoms with E-state index in [0.717, 1.165) is 17.8 Å². The van der Waals surface area contributed by atoms with Gasteiger partial charge in [-0.2, -0.15) is 0 Å². The minimum atomic E-state index is 0.952. The molecule has 0 amide bonds. The van der Waals surface area contributed by atoms with Crippen LogP contribution in [0, 0.1) is 6.92 Å². The first-order valence-corrected chi connectivity index (χ1v) is 5.06. The molecule has 0 aliphatic rings. The summed E-state index contributed by atoms with van der Waals surface area (Å²) in [6.45, 7) is 2.02. The van der Waals surface area contributed by atoms with Crippen molar-refractivity contribution in [2.75, 3.05) is 0 Å². The number of hydrogen-bond acceptors (Lipinski definition) is 1. The summed E-state index contributed by atoms with van der Waals surface area (Å²) in [5.41, 5.74) is 3.45. The molecule has 1 heterocycles. The van der Waals surface area contributed by atoms with Crippen molar-refractivity contribution in [3.05, 3.63) is 59.7 Å². The van der Waals surface area contributed by atoms with Crippen LogP contribution in [0.2, 0.25) is 0 Å². The van der Waals surface area contributed by atoms with Crippen molar-refractivity contribution in [2.24, 2.45) is 0 Å². The molecule has 15 heavy (non-hydrogen) atoms. The van der Waals surface area contributed by atoms with Gasteiger partial charge in [-0.05, 0) is 25.0 Å². The molecule has 1 N–H and O–H groups in total. The van der Waals surface area contributed by atoms with Gasteiger partial charge in [-0.15, -0.1) is 0 Å². The molecule has 0 radical (unpaired) electrons. The fourth-order valence-corrected chi connectivity index (χ4v) is 1.46. The standard InChI is InChI=1S/C13H14N2/c1-11-13(15-10-14-11)9-5-8-12-6-3-2-4-7-12/h2-7,9-10H,8H2,1H3,(H,14,15)/b9-5+. The minimum absolute atomic E-state index is 0.952. The first-order chi connectivity index (χ1) is 7.36. The maximum Gasteiger partial charge on any atom is 0.0929 e. The molecule has 1 aromatic carbocycles. The van der Waals surface area contributed by atoms with Crippen LogP contribution in [0.4, 0.5) is 0 Å². The Morgan fingerprint density at radius 3 is 2.73 bits per heavy atom. The van der Waals surface area contributed by atoms with E-state index in [1.807, 2.05) is 13.0 Å². The molecular weight excluding hydrogens is 184 g/mol. The van der Waals surface area contributed by atoms with Crippen LogP contribution >= 0.6 is 0 Å². The summed E-state index contributed by atoms with van der Waals surface area (Å²) in [7, 11) is 0. The van der Waals surface area contributed by atoms with Crippen LogP contribution < -0.4 is 0 Å². The number of aromatic nitrogens is 2. The van der Waals surface area contributed by atoms with Crippen molar-refractivity contribution in [1.29, 1.82) is 0 Å². The second kappa shape index (κ2) is 4.60. The summed E-state index contributed by atoms with van der Waals surface area (Å²) in [5, 5.41) is 0. The summed E-state index contributed by atoms with van der Waals surface area (Å²) in [5.74, 6) is 0. The topological polar surface area (TPSA) is 28.7 Å². The van der Waals surface area contributed by atoms with E-state index < -0.39 is 0 Å². The number of nitrogens with one attached hydrogen (secondary N) is 1. The molecule has 0 saturated carbocycles. The van der Waals surface area contributed by atoms with Crippen LogP contribution in [-0.2, 0) is 6.42 Å². The van der Waals surface area contributed by atoms with Gasteiger partial charge in [0, 0.05) is 5.69 Å². The van der Waals surface area contributed by atoms with E-state index in [2.05, 4.69) is 46.4 Å². The molecule has 0 saturated heterocycles. The Balaban J connectivity index is 2.00. The lowest BCUT2D eigenvalue weighted by molar-refractivity contribution is 1.25. The zero-order valence-corrected chi connectivity index (χ0v) is 8.77. The quantitative estimate of drug-likeness (QED) is 0.807. The van der Waals surface area contributed by atoms with E-state index >= 15 is 0 Å². The first kappa shape index (κ1) is 9.71. The normalized spacial score (nSPS) is 11.0. The number of aromatic amines is 1. The molecule has 1 aromatic heterocycles. The predicted octanol–water partition coefficient (Wildman–Crippen LogP) is 2.97. The lowest BCUT2D eigenvalue weighted by atomic mass is 10.1. The Morgan fingerprint density at radius 2 is 2.07 bits per heavy atom. The monoisotopic (exact) mass is 198 g/mol. The molecule has 0 unspecified atom stereocenters. The highest BCUT2D eigenvalue weighted by Crippen LogP contribution is 2.05. The second-order valence-corrected chi connectivity index (χ2v) is 3.50. The Morgan fingerprint density at radius 1 is 1.27 bits per heavy atom. The second-order valence-electron chi connectivity index (χ2n) is 3.50. The van der Waals surface area contributed by atoms with Crippen molar-refractivity contribution in [3.63, 3.8) is 0 Å². The lowest BCUT2D eigenvalue weighted by Crippen LogP contribution is -1.80. The van der Waals surface area contributed by atoms with Crippen LogP contribution in [0.15, 0.2) is 42.7 Å². The van der Waals surface area contributed by atoms with E-state index in [9.17, 15) is 0 Å². The zero-order chi connectivity index (χ0) is 10.5. The van der Waals surface area contributed by atoms with Gasteiger partial charge in [0.1, 0.15) is 0 Å². The molecule has 0 spiro atoms. The van der Waals surface area contributed by atoms with Crippen molar-refractivity contribution in [1.82, 2.24) is 9.97 Å². The predicted molar refractivity (Wildman–Crippen MR) is 62.5 cm³/mol. The Labute approximate surface area is 89.7 Å². The number of nitrogens with zero attached hydrogens (tertiary/aromatic N) is 1. The van der Waals surface area contributed by atoms with Crippen molar-refractivity contribution >= 4 is 6.08 Å². The van der Waals surface area contributed by atoms with Gasteiger partial charge in [-0.25, -0.2) is 4.98 Å². The van der Waals surface area contributed by atoms with Crippen LogP contribution in [-0.4, -0.2) is 9.97 Å². The number of allylic oxidation sites excluding steroid dienone is 1. The molecule has 2 aromatic rings. The third-order valence-electron chi connectivity index (χ3n) is 2.34. The van der Waals surface area contributed by atoms with Crippen LogP contribution in [0.25, 0.3) is 6.08 Å². The average molecular weight is 198 g/mol. The number of imidazole rings is 1. The number of hydrogen-bond donors (Lipinski definition) is 1. The maximum atomic E-state index is 4.20. The van der Waals surface area contributed by atoms with Crippen LogP contribution in [0.3, 0.4) is 0 Å². The summed E-state index contributed by atoms with van der Waals surface area (Å²) < 4.78 is 0. The van der Waals surface area contributed by atoms with Gasteiger partial charge >= 0.3 is 0 Å².